The quantitative estimate of drug-likeness (QED) is 0.786. The first-order valence-corrected chi connectivity index (χ1v) is 7.43. The van der Waals surface area contributed by atoms with Crippen molar-refractivity contribution in [3.05, 3.63) is 65.7 Å². The average Bonchev–Trinajstić information content (AvgIpc) is 2.55. The molecule has 2 aromatic carbocycles. The van der Waals surface area contributed by atoms with Gasteiger partial charge in [-0.1, -0.05) is 42.5 Å². The summed E-state index contributed by atoms with van der Waals surface area (Å²) >= 11 is 0. The zero-order chi connectivity index (χ0) is 15.8. The monoisotopic (exact) mass is 298 g/mol. The SMILES string of the molecule is C[C@H](NCCc1ccc(OCc2ccccc2)cc1)C(N)=O. The zero-order valence-electron chi connectivity index (χ0n) is 12.8. The van der Waals surface area contributed by atoms with E-state index in [2.05, 4.69) is 5.32 Å². The Labute approximate surface area is 131 Å². The minimum atomic E-state index is -0.329. The van der Waals surface area contributed by atoms with Crippen LogP contribution < -0.4 is 15.8 Å². The number of rotatable bonds is 8. The van der Waals surface area contributed by atoms with Crippen LogP contribution in [0.3, 0.4) is 0 Å². The van der Waals surface area contributed by atoms with Crippen LogP contribution in [0.15, 0.2) is 54.6 Å². The maximum absolute atomic E-state index is 10.9. The second kappa shape index (κ2) is 8.20. The summed E-state index contributed by atoms with van der Waals surface area (Å²) in [5.41, 5.74) is 7.54. The molecule has 1 amide bonds. The number of nitrogens with one attached hydrogen (secondary N) is 1. The van der Waals surface area contributed by atoms with Crippen molar-refractivity contribution in [2.75, 3.05) is 6.54 Å². The van der Waals surface area contributed by atoms with Crippen LogP contribution in [0.1, 0.15) is 18.1 Å². The van der Waals surface area contributed by atoms with Crippen molar-refractivity contribution >= 4 is 5.91 Å². The molecule has 0 aromatic heterocycles. The molecule has 0 unspecified atom stereocenters. The highest BCUT2D eigenvalue weighted by Crippen LogP contribution is 2.14. The number of ether oxygens (including phenoxy) is 1. The molecule has 0 aliphatic heterocycles. The van der Waals surface area contributed by atoms with Gasteiger partial charge in [-0.25, -0.2) is 0 Å². The van der Waals surface area contributed by atoms with Crippen molar-refractivity contribution in [1.29, 1.82) is 0 Å². The van der Waals surface area contributed by atoms with Crippen LogP contribution in [0, 0.1) is 0 Å². The van der Waals surface area contributed by atoms with Crippen molar-refractivity contribution in [2.24, 2.45) is 5.73 Å². The van der Waals surface area contributed by atoms with Crippen molar-refractivity contribution in [2.45, 2.75) is 26.0 Å². The van der Waals surface area contributed by atoms with Crippen LogP contribution in [-0.4, -0.2) is 18.5 Å². The molecule has 0 bridgehead atoms. The molecule has 0 heterocycles. The summed E-state index contributed by atoms with van der Waals surface area (Å²) in [5.74, 6) is 0.524. The largest absolute Gasteiger partial charge is 0.489 e. The molecule has 4 heteroatoms. The van der Waals surface area contributed by atoms with E-state index < -0.39 is 0 Å². The molecule has 2 rings (SSSR count). The Morgan fingerprint density at radius 1 is 1.09 bits per heavy atom. The lowest BCUT2D eigenvalue weighted by Crippen LogP contribution is -2.39. The Bertz CT molecular complexity index is 582. The fraction of sp³-hybridized carbons (Fsp3) is 0.278. The highest BCUT2D eigenvalue weighted by molar-refractivity contribution is 5.79. The van der Waals surface area contributed by atoms with Crippen LogP contribution >= 0.6 is 0 Å². The summed E-state index contributed by atoms with van der Waals surface area (Å²) in [6.45, 7) is 3.05. The standard InChI is InChI=1S/C18H22N2O2/c1-14(18(19)21)20-12-11-15-7-9-17(10-8-15)22-13-16-5-3-2-4-6-16/h2-10,14,20H,11-13H2,1H3,(H2,19,21)/t14-/m0/s1. The topological polar surface area (TPSA) is 64.3 Å². The number of primary amides is 1. The van der Waals surface area contributed by atoms with E-state index in [1.807, 2.05) is 54.6 Å². The molecule has 22 heavy (non-hydrogen) atoms. The van der Waals surface area contributed by atoms with Gasteiger partial charge in [-0.3, -0.25) is 4.79 Å². The molecule has 116 valence electrons. The van der Waals surface area contributed by atoms with Gasteiger partial charge < -0.3 is 15.8 Å². The van der Waals surface area contributed by atoms with Crippen molar-refractivity contribution in [3.63, 3.8) is 0 Å². The van der Waals surface area contributed by atoms with Crippen LogP contribution in [0.4, 0.5) is 0 Å². The zero-order valence-corrected chi connectivity index (χ0v) is 12.8. The lowest BCUT2D eigenvalue weighted by molar-refractivity contribution is -0.119. The van der Waals surface area contributed by atoms with E-state index in [0.717, 1.165) is 17.7 Å². The van der Waals surface area contributed by atoms with E-state index in [-0.39, 0.29) is 11.9 Å². The molecular weight excluding hydrogens is 276 g/mol. The smallest absolute Gasteiger partial charge is 0.234 e. The maximum Gasteiger partial charge on any atom is 0.234 e. The minimum absolute atomic E-state index is 0.298. The number of carbonyl (C=O) groups excluding carboxylic acids is 1. The minimum Gasteiger partial charge on any atom is -0.489 e. The molecule has 0 saturated heterocycles. The summed E-state index contributed by atoms with van der Waals surface area (Å²) in [6, 6.07) is 17.8. The van der Waals surface area contributed by atoms with E-state index >= 15 is 0 Å². The second-order valence-electron chi connectivity index (χ2n) is 5.25. The average molecular weight is 298 g/mol. The normalized spacial score (nSPS) is 11.9. The fourth-order valence-corrected chi connectivity index (χ4v) is 2.03. The van der Waals surface area contributed by atoms with Crippen LogP contribution in [-0.2, 0) is 17.8 Å². The lowest BCUT2D eigenvalue weighted by atomic mass is 10.1. The first-order chi connectivity index (χ1) is 10.6. The molecule has 0 fully saturated rings. The predicted molar refractivity (Wildman–Crippen MR) is 87.6 cm³/mol. The number of benzene rings is 2. The third kappa shape index (κ3) is 5.22. The van der Waals surface area contributed by atoms with Crippen LogP contribution in [0.5, 0.6) is 5.75 Å². The van der Waals surface area contributed by atoms with Gasteiger partial charge in [0.2, 0.25) is 5.91 Å². The summed E-state index contributed by atoms with van der Waals surface area (Å²) in [6.07, 6.45) is 0.844. The second-order valence-corrected chi connectivity index (χ2v) is 5.25. The molecule has 0 aliphatic rings. The van der Waals surface area contributed by atoms with Gasteiger partial charge in [0.1, 0.15) is 12.4 Å². The molecule has 0 saturated carbocycles. The summed E-state index contributed by atoms with van der Waals surface area (Å²) < 4.78 is 5.74. The fourth-order valence-electron chi connectivity index (χ4n) is 2.03. The molecule has 0 spiro atoms. The van der Waals surface area contributed by atoms with Crippen molar-refractivity contribution in [1.82, 2.24) is 5.32 Å². The Balaban J connectivity index is 1.76. The van der Waals surface area contributed by atoms with E-state index in [1.165, 1.54) is 5.56 Å². The molecule has 0 radical (unpaired) electrons. The van der Waals surface area contributed by atoms with Gasteiger partial charge in [0, 0.05) is 0 Å². The maximum atomic E-state index is 10.9. The Morgan fingerprint density at radius 3 is 2.41 bits per heavy atom. The van der Waals surface area contributed by atoms with Crippen molar-refractivity contribution in [3.8, 4) is 5.75 Å². The number of hydrogen-bond acceptors (Lipinski definition) is 3. The van der Waals surface area contributed by atoms with Gasteiger partial charge >= 0.3 is 0 Å². The van der Waals surface area contributed by atoms with Crippen LogP contribution in [0.25, 0.3) is 0 Å². The van der Waals surface area contributed by atoms with Crippen LogP contribution in [0.2, 0.25) is 0 Å². The van der Waals surface area contributed by atoms with Gasteiger partial charge in [-0.05, 0) is 43.1 Å². The Kier molecular flexibility index (Phi) is 5.98. The number of nitrogens with two attached hydrogens (primary N) is 1. The number of amides is 1. The van der Waals surface area contributed by atoms with Gasteiger partial charge in [-0.15, -0.1) is 0 Å². The molecule has 3 N–H and O–H groups in total. The van der Waals surface area contributed by atoms with E-state index in [9.17, 15) is 4.79 Å². The van der Waals surface area contributed by atoms with E-state index in [1.54, 1.807) is 6.92 Å². The lowest BCUT2D eigenvalue weighted by Gasteiger charge is -2.10. The highest BCUT2D eigenvalue weighted by Gasteiger charge is 2.06. The molecule has 2 aromatic rings. The first kappa shape index (κ1) is 16.0. The third-order valence-electron chi connectivity index (χ3n) is 3.46. The Hall–Kier alpha value is -2.33. The Morgan fingerprint density at radius 2 is 1.77 bits per heavy atom. The molecule has 0 aliphatic carbocycles. The predicted octanol–water partition coefficient (Wildman–Crippen LogP) is 2.27. The number of carbonyl (C=O) groups is 1. The van der Waals surface area contributed by atoms with Gasteiger partial charge in [0.05, 0.1) is 6.04 Å². The van der Waals surface area contributed by atoms with E-state index in [0.29, 0.717) is 13.2 Å². The molecular formula is C18H22N2O2. The molecule has 1 atom stereocenters. The number of hydrogen-bond donors (Lipinski definition) is 2. The third-order valence-corrected chi connectivity index (χ3v) is 3.46. The molecule has 4 nitrogen and oxygen atoms in total. The van der Waals surface area contributed by atoms with Gasteiger partial charge in [0.25, 0.3) is 0 Å². The first-order valence-electron chi connectivity index (χ1n) is 7.43. The van der Waals surface area contributed by atoms with Gasteiger partial charge in [-0.2, -0.15) is 0 Å². The summed E-state index contributed by atoms with van der Waals surface area (Å²) in [5, 5.41) is 3.09. The van der Waals surface area contributed by atoms with Gasteiger partial charge in [0.15, 0.2) is 0 Å². The summed E-state index contributed by atoms with van der Waals surface area (Å²) in [4.78, 5) is 10.9. The van der Waals surface area contributed by atoms with E-state index in [4.69, 9.17) is 10.5 Å². The van der Waals surface area contributed by atoms with Crippen molar-refractivity contribution < 1.29 is 9.53 Å². The summed E-state index contributed by atoms with van der Waals surface area (Å²) in [7, 11) is 0. The highest BCUT2D eigenvalue weighted by atomic mass is 16.5.